The molecule has 0 aliphatic rings. The fourth-order valence-electron chi connectivity index (χ4n) is 3.02. The molecular weight excluding hydrogens is 360 g/mol. The van der Waals surface area contributed by atoms with Crippen LogP contribution >= 0.6 is 11.6 Å². The quantitative estimate of drug-likeness (QED) is 0.552. The highest BCUT2D eigenvalue weighted by Crippen LogP contribution is 2.28. The van der Waals surface area contributed by atoms with Gasteiger partial charge in [0, 0.05) is 41.1 Å². The van der Waals surface area contributed by atoms with Crippen LogP contribution in [0, 0.1) is 13.8 Å². The summed E-state index contributed by atoms with van der Waals surface area (Å²) in [7, 11) is 0. The molecule has 6 heteroatoms. The van der Waals surface area contributed by atoms with E-state index in [1.807, 2.05) is 54.8 Å². The fourth-order valence-corrected chi connectivity index (χ4v) is 3.21. The van der Waals surface area contributed by atoms with E-state index in [0.717, 1.165) is 33.7 Å². The number of rotatable bonds is 3. The van der Waals surface area contributed by atoms with Gasteiger partial charge in [0.2, 0.25) is 0 Å². The van der Waals surface area contributed by atoms with Crippen molar-refractivity contribution in [1.29, 1.82) is 0 Å². The van der Waals surface area contributed by atoms with E-state index in [1.54, 1.807) is 24.7 Å². The number of aromatic nitrogens is 3. The monoisotopic (exact) mass is 376 g/mol. The molecule has 3 heterocycles. The average Bonchev–Trinajstić information content (AvgIpc) is 3.02. The van der Waals surface area contributed by atoms with Crippen molar-refractivity contribution in [2.24, 2.45) is 0 Å². The molecule has 0 saturated carbocycles. The van der Waals surface area contributed by atoms with Gasteiger partial charge < -0.3 is 9.72 Å². The molecule has 1 amide bonds. The second kappa shape index (κ2) is 6.85. The van der Waals surface area contributed by atoms with Crippen molar-refractivity contribution in [2.45, 2.75) is 13.8 Å². The third-order valence-electron chi connectivity index (χ3n) is 4.34. The number of carbonyl (C=O) groups excluding carboxylic acids is 1. The van der Waals surface area contributed by atoms with Crippen LogP contribution in [0.4, 0.5) is 5.69 Å². The molecule has 0 fully saturated rings. The summed E-state index contributed by atoms with van der Waals surface area (Å²) < 4.78 is 1.87. The lowest BCUT2D eigenvalue weighted by Crippen LogP contribution is -2.14. The van der Waals surface area contributed by atoms with Gasteiger partial charge in [0.05, 0.1) is 11.3 Å². The number of hydrogen-bond acceptors (Lipinski definition) is 3. The lowest BCUT2D eigenvalue weighted by Gasteiger charge is -2.11. The van der Waals surface area contributed by atoms with Gasteiger partial charge in [-0.25, -0.2) is 4.98 Å². The highest BCUT2D eigenvalue weighted by Gasteiger charge is 2.15. The van der Waals surface area contributed by atoms with E-state index in [2.05, 4.69) is 15.3 Å². The zero-order valence-corrected chi connectivity index (χ0v) is 15.7. The number of halogens is 1. The van der Waals surface area contributed by atoms with E-state index in [9.17, 15) is 4.79 Å². The Morgan fingerprint density at radius 3 is 2.78 bits per heavy atom. The Labute approximate surface area is 161 Å². The number of nitrogens with zero attached hydrogens (tertiary/aromatic N) is 3. The molecule has 0 unspecified atom stereocenters. The van der Waals surface area contributed by atoms with Crippen LogP contribution < -0.4 is 5.32 Å². The Kier molecular flexibility index (Phi) is 4.38. The topological polar surface area (TPSA) is 59.3 Å². The molecular formula is C21H17ClN4O. The molecule has 0 aliphatic carbocycles. The number of imidazole rings is 1. The predicted molar refractivity (Wildman–Crippen MR) is 107 cm³/mol. The van der Waals surface area contributed by atoms with E-state index in [-0.39, 0.29) is 5.91 Å². The molecule has 0 radical (unpaired) electrons. The van der Waals surface area contributed by atoms with Gasteiger partial charge in [-0.2, -0.15) is 0 Å². The van der Waals surface area contributed by atoms with Gasteiger partial charge in [-0.1, -0.05) is 23.7 Å². The number of benzene rings is 1. The van der Waals surface area contributed by atoms with Crippen molar-refractivity contribution in [3.8, 4) is 11.1 Å². The van der Waals surface area contributed by atoms with Crippen LogP contribution in [-0.4, -0.2) is 20.3 Å². The van der Waals surface area contributed by atoms with E-state index >= 15 is 0 Å². The molecule has 0 bridgehead atoms. The normalized spacial score (nSPS) is 10.9. The summed E-state index contributed by atoms with van der Waals surface area (Å²) >= 11 is 6.17. The first-order valence-corrected chi connectivity index (χ1v) is 8.86. The number of pyridine rings is 2. The molecule has 3 aromatic heterocycles. The standard InChI is InChI=1S/C21H17ClN4O/c1-13-10-23-7-6-19(13)25-21(27)16-9-18(15-4-3-5-17(22)8-15)20-24-14(2)11-26(20)12-16/h3-12H,1-2H3,(H,23,25,27). The molecule has 1 aromatic carbocycles. The Balaban J connectivity index is 1.82. The number of nitrogens with one attached hydrogen (secondary N) is 1. The van der Waals surface area contributed by atoms with Gasteiger partial charge in [-0.15, -0.1) is 0 Å². The van der Waals surface area contributed by atoms with Crippen molar-refractivity contribution in [2.75, 3.05) is 5.32 Å². The largest absolute Gasteiger partial charge is 0.322 e. The van der Waals surface area contributed by atoms with Crippen LogP contribution in [0.5, 0.6) is 0 Å². The van der Waals surface area contributed by atoms with Crippen LogP contribution in [0.15, 0.2) is 61.2 Å². The predicted octanol–water partition coefficient (Wildman–Crippen LogP) is 4.92. The van der Waals surface area contributed by atoms with Gasteiger partial charge in [-0.05, 0) is 49.2 Å². The van der Waals surface area contributed by atoms with Crippen molar-refractivity contribution < 1.29 is 4.79 Å². The minimum Gasteiger partial charge on any atom is -0.322 e. The lowest BCUT2D eigenvalue weighted by molar-refractivity contribution is 0.102. The van der Waals surface area contributed by atoms with E-state index in [4.69, 9.17) is 11.6 Å². The summed E-state index contributed by atoms with van der Waals surface area (Å²) in [6.45, 7) is 3.83. The number of anilines is 1. The van der Waals surface area contributed by atoms with Crippen molar-refractivity contribution in [3.05, 3.63) is 83.0 Å². The number of amides is 1. The van der Waals surface area contributed by atoms with E-state index < -0.39 is 0 Å². The zero-order chi connectivity index (χ0) is 19.0. The van der Waals surface area contributed by atoms with Gasteiger partial charge >= 0.3 is 0 Å². The number of fused-ring (bicyclic) bond motifs is 1. The zero-order valence-electron chi connectivity index (χ0n) is 14.9. The molecule has 27 heavy (non-hydrogen) atoms. The minimum atomic E-state index is -0.194. The molecule has 4 rings (SSSR count). The average molecular weight is 377 g/mol. The summed E-state index contributed by atoms with van der Waals surface area (Å²) in [6.07, 6.45) is 7.06. The second-order valence-corrected chi connectivity index (χ2v) is 6.85. The van der Waals surface area contributed by atoms with Crippen molar-refractivity contribution in [1.82, 2.24) is 14.4 Å². The Morgan fingerprint density at radius 2 is 2.00 bits per heavy atom. The maximum atomic E-state index is 12.9. The third-order valence-corrected chi connectivity index (χ3v) is 4.57. The van der Waals surface area contributed by atoms with E-state index in [0.29, 0.717) is 10.6 Å². The van der Waals surface area contributed by atoms with Gasteiger partial charge in [0.25, 0.3) is 5.91 Å². The second-order valence-electron chi connectivity index (χ2n) is 6.41. The summed E-state index contributed by atoms with van der Waals surface area (Å²) in [4.78, 5) is 21.5. The number of hydrogen-bond donors (Lipinski definition) is 1. The van der Waals surface area contributed by atoms with Crippen LogP contribution in [-0.2, 0) is 0 Å². The molecule has 0 saturated heterocycles. The summed E-state index contributed by atoms with van der Waals surface area (Å²) in [5.74, 6) is -0.194. The smallest absolute Gasteiger partial charge is 0.257 e. The maximum absolute atomic E-state index is 12.9. The first-order chi connectivity index (χ1) is 13.0. The van der Waals surface area contributed by atoms with Crippen molar-refractivity contribution >= 4 is 28.8 Å². The Morgan fingerprint density at radius 1 is 1.15 bits per heavy atom. The van der Waals surface area contributed by atoms with Crippen LogP contribution in [0.25, 0.3) is 16.8 Å². The fraction of sp³-hybridized carbons (Fsp3) is 0.0952. The molecule has 4 aromatic rings. The van der Waals surface area contributed by atoms with Crippen molar-refractivity contribution in [3.63, 3.8) is 0 Å². The first-order valence-electron chi connectivity index (χ1n) is 8.48. The molecule has 5 nitrogen and oxygen atoms in total. The number of carbonyl (C=O) groups is 1. The lowest BCUT2D eigenvalue weighted by atomic mass is 10.0. The SMILES string of the molecule is Cc1cn2cc(C(=O)Nc3ccncc3C)cc(-c3cccc(Cl)c3)c2n1. The molecule has 134 valence electrons. The molecule has 0 spiro atoms. The summed E-state index contributed by atoms with van der Waals surface area (Å²) in [6, 6.07) is 11.2. The van der Waals surface area contributed by atoms with E-state index in [1.165, 1.54) is 0 Å². The highest BCUT2D eigenvalue weighted by molar-refractivity contribution is 6.30. The van der Waals surface area contributed by atoms with Crippen LogP contribution in [0.3, 0.4) is 0 Å². The third kappa shape index (κ3) is 3.41. The minimum absolute atomic E-state index is 0.194. The summed E-state index contributed by atoms with van der Waals surface area (Å²) in [5.41, 5.74) is 5.59. The van der Waals surface area contributed by atoms with Gasteiger partial charge in [0.1, 0.15) is 5.65 Å². The molecule has 0 atom stereocenters. The van der Waals surface area contributed by atoms with Crippen LogP contribution in [0.1, 0.15) is 21.6 Å². The Bertz CT molecular complexity index is 1170. The molecule has 1 N–H and O–H groups in total. The highest BCUT2D eigenvalue weighted by atomic mass is 35.5. The first kappa shape index (κ1) is 17.2. The van der Waals surface area contributed by atoms with Gasteiger partial charge in [-0.3, -0.25) is 9.78 Å². The Hall–Kier alpha value is -3.18. The summed E-state index contributed by atoms with van der Waals surface area (Å²) in [5, 5.41) is 3.58. The molecule has 0 aliphatic heterocycles. The number of aryl methyl sites for hydroxylation is 2. The maximum Gasteiger partial charge on any atom is 0.257 e. The van der Waals surface area contributed by atoms with Crippen LogP contribution in [0.2, 0.25) is 5.02 Å². The van der Waals surface area contributed by atoms with Gasteiger partial charge in [0.15, 0.2) is 0 Å².